The van der Waals surface area contributed by atoms with Crippen LogP contribution < -0.4 is 10.5 Å². The third kappa shape index (κ3) is 1.74. The van der Waals surface area contributed by atoms with Crippen molar-refractivity contribution in [1.82, 2.24) is 5.16 Å². The topological polar surface area (TPSA) is 61.3 Å². The molecule has 0 aliphatic heterocycles. The van der Waals surface area contributed by atoms with Crippen molar-refractivity contribution in [3.8, 4) is 17.1 Å². The van der Waals surface area contributed by atoms with Crippen LogP contribution >= 0.6 is 0 Å². The van der Waals surface area contributed by atoms with Gasteiger partial charge in [0.25, 0.3) is 0 Å². The number of nitrogens with zero attached hydrogens (tertiary/aromatic N) is 1. The first-order chi connectivity index (χ1) is 7.61. The number of hydrogen-bond acceptors (Lipinski definition) is 4. The molecule has 0 radical (unpaired) electrons. The Morgan fingerprint density at radius 3 is 2.25 bits per heavy atom. The highest BCUT2D eigenvalue weighted by Crippen LogP contribution is 2.31. The molecule has 84 valence electrons. The summed E-state index contributed by atoms with van der Waals surface area (Å²) in [6.07, 6.45) is 0. The quantitative estimate of drug-likeness (QED) is 0.841. The SMILES string of the molecule is COc1cc(C)c(-c2cc(N)no2)c(C)c1. The molecule has 4 heteroatoms. The lowest BCUT2D eigenvalue weighted by atomic mass is 10.0. The smallest absolute Gasteiger partial charge is 0.169 e. The van der Waals surface area contributed by atoms with Crippen molar-refractivity contribution >= 4 is 5.82 Å². The normalized spacial score (nSPS) is 10.4. The van der Waals surface area contributed by atoms with Gasteiger partial charge in [-0.2, -0.15) is 0 Å². The predicted octanol–water partition coefficient (Wildman–Crippen LogP) is 2.55. The number of nitrogens with two attached hydrogens (primary N) is 1. The van der Waals surface area contributed by atoms with Crippen molar-refractivity contribution in [3.63, 3.8) is 0 Å². The van der Waals surface area contributed by atoms with E-state index in [-0.39, 0.29) is 0 Å². The number of nitrogen functional groups attached to an aromatic ring is 1. The zero-order valence-corrected chi connectivity index (χ0v) is 9.57. The van der Waals surface area contributed by atoms with Gasteiger partial charge in [0.05, 0.1) is 7.11 Å². The molecular formula is C12H14N2O2. The van der Waals surface area contributed by atoms with Gasteiger partial charge in [-0.3, -0.25) is 0 Å². The number of methoxy groups -OCH3 is 1. The molecule has 0 saturated heterocycles. The summed E-state index contributed by atoms with van der Waals surface area (Å²) in [5, 5.41) is 3.69. The molecule has 0 saturated carbocycles. The van der Waals surface area contributed by atoms with Gasteiger partial charge < -0.3 is 15.0 Å². The van der Waals surface area contributed by atoms with Gasteiger partial charge in [0.15, 0.2) is 11.6 Å². The van der Waals surface area contributed by atoms with Crippen LogP contribution in [0.2, 0.25) is 0 Å². The second-order valence-electron chi connectivity index (χ2n) is 3.75. The van der Waals surface area contributed by atoms with E-state index in [1.807, 2.05) is 26.0 Å². The Morgan fingerprint density at radius 1 is 1.19 bits per heavy atom. The monoisotopic (exact) mass is 218 g/mol. The molecule has 4 nitrogen and oxygen atoms in total. The molecule has 0 unspecified atom stereocenters. The van der Waals surface area contributed by atoms with Crippen LogP contribution in [-0.4, -0.2) is 12.3 Å². The first-order valence-corrected chi connectivity index (χ1v) is 4.99. The minimum absolute atomic E-state index is 0.393. The first-order valence-electron chi connectivity index (χ1n) is 4.99. The minimum Gasteiger partial charge on any atom is -0.497 e. The van der Waals surface area contributed by atoms with E-state index in [4.69, 9.17) is 15.0 Å². The predicted molar refractivity (Wildman–Crippen MR) is 62.4 cm³/mol. The van der Waals surface area contributed by atoms with Crippen LogP contribution in [0.15, 0.2) is 22.7 Å². The van der Waals surface area contributed by atoms with Crippen molar-refractivity contribution in [3.05, 3.63) is 29.3 Å². The fourth-order valence-electron chi connectivity index (χ4n) is 1.84. The number of aromatic nitrogens is 1. The van der Waals surface area contributed by atoms with E-state index in [1.165, 1.54) is 0 Å². The average molecular weight is 218 g/mol. The van der Waals surface area contributed by atoms with Crippen LogP contribution in [0.5, 0.6) is 5.75 Å². The lowest BCUT2D eigenvalue weighted by Crippen LogP contribution is -1.90. The zero-order valence-electron chi connectivity index (χ0n) is 9.57. The van der Waals surface area contributed by atoms with Crippen LogP contribution in [0.1, 0.15) is 11.1 Å². The molecule has 1 aromatic heterocycles. The highest BCUT2D eigenvalue weighted by Gasteiger charge is 2.12. The summed E-state index contributed by atoms with van der Waals surface area (Å²) >= 11 is 0. The molecule has 2 aromatic rings. The molecule has 0 amide bonds. The van der Waals surface area contributed by atoms with Gasteiger partial charge in [-0.1, -0.05) is 5.16 Å². The molecule has 0 atom stereocenters. The second kappa shape index (κ2) is 3.89. The van der Waals surface area contributed by atoms with E-state index in [9.17, 15) is 0 Å². The number of rotatable bonds is 2. The maximum Gasteiger partial charge on any atom is 0.169 e. The Labute approximate surface area is 94.0 Å². The average Bonchev–Trinajstić information content (AvgIpc) is 2.63. The summed E-state index contributed by atoms with van der Waals surface area (Å²) in [5.41, 5.74) is 8.71. The summed E-state index contributed by atoms with van der Waals surface area (Å²) < 4.78 is 10.4. The number of benzene rings is 1. The first kappa shape index (κ1) is 10.5. The number of hydrogen-bond donors (Lipinski definition) is 1. The van der Waals surface area contributed by atoms with E-state index in [2.05, 4.69) is 5.16 Å². The Balaban J connectivity index is 2.57. The van der Waals surface area contributed by atoms with Gasteiger partial charge in [0.1, 0.15) is 5.75 Å². The highest BCUT2D eigenvalue weighted by molar-refractivity contribution is 5.69. The molecule has 0 bridgehead atoms. The lowest BCUT2D eigenvalue weighted by Gasteiger charge is -2.09. The van der Waals surface area contributed by atoms with Gasteiger partial charge in [0.2, 0.25) is 0 Å². The molecule has 0 aliphatic rings. The third-order valence-corrected chi connectivity index (χ3v) is 2.52. The molecule has 2 rings (SSSR count). The summed E-state index contributed by atoms with van der Waals surface area (Å²) in [6.45, 7) is 4.01. The van der Waals surface area contributed by atoms with Crippen LogP contribution in [-0.2, 0) is 0 Å². The number of aryl methyl sites for hydroxylation is 2. The van der Waals surface area contributed by atoms with Crippen LogP contribution in [0.25, 0.3) is 11.3 Å². The lowest BCUT2D eigenvalue weighted by molar-refractivity contribution is 0.413. The third-order valence-electron chi connectivity index (χ3n) is 2.52. The van der Waals surface area contributed by atoms with Gasteiger partial charge in [0, 0.05) is 11.6 Å². The van der Waals surface area contributed by atoms with Gasteiger partial charge in [-0.15, -0.1) is 0 Å². The largest absolute Gasteiger partial charge is 0.497 e. The second-order valence-corrected chi connectivity index (χ2v) is 3.75. The fourth-order valence-corrected chi connectivity index (χ4v) is 1.84. The van der Waals surface area contributed by atoms with E-state index in [0.717, 1.165) is 22.4 Å². The zero-order chi connectivity index (χ0) is 11.7. The van der Waals surface area contributed by atoms with E-state index >= 15 is 0 Å². The Morgan fingerprint density at radius 2 is 1.81 bits per heavy atom. The van der Waals surface area contributed by atoms with Gasteiger partial charge in [-0.05, 0) is 37.1 Å². The van der Waals surface area contributed by atoms with Crippen LogP contribution in [0, 0.1) is 13.8 Å². The Kier molecular flexibility index (Phi) is 2.56. The molecule has 1 aromatic carbocycles. The Bertz CT molecular complexity index is 494. The molecule has 0 aliphatic carbocycles. The fraction of sp³-hybridized carbons (Fsp3) is 0.250. The van der Waals surface area contributed by atoms with E-state index in [1.54, 1.807) is 13.2 Å². The molecule has 1 heterocycles. The van der Waals surface area contributed by atoms with Crippen molar-refractivity contribution < 1.29 is 9.26 Å². The molecule has 2 N–H and O–H groups in total. The minimum atomic E-state index is 0.393. The van der Waals surface area contributed by atoms with Crippen LogP contribution in [0.4, 0.5) is 5.82 Å². The summed E-state index contributed by atoms with van der Waals surface area (Å²) in [7, 11) is 1.65. The molecule has 0 spiro atoms. The van der Waals surface area contributed by atoms with Crippen molar-refractivity contribution in [2.24, 2.45) is 0 Å². The van der Waals surface area contributed by atoms with Crippen molar-refractivity contribution in [2.45, 2.75) is 13.8 Å². The van der Waals surface area contributed by atoms with E-state index < -0.39 is 0 Å². The Hall–Kier alpha value is -1.97. The summed E-state index contributed by atoms with van der Waals surface area (Å²) in [5.74, 6) is 1.92. The van der Waals surface area contributed by atoms with Crippen molar-refractivity contribution in [2.75, 3.05) is 12.8 Å². The number of ether oxygens (including phenoxy) is 1. The van der Waals surface area contributed by atoms with Crippen LogP contribution in [0.3, 0.4) is 0 Å². The standard InChI is InChI=1S/C12H14N2O2/c1-7-4-9(15-3)5-8(2)12(7)10-6-11(13)14-16-10/h4-6H,1-3H3,(H2,13,14). The molecule has 0 fully saturated rings. The highest BCUT2D eigenvalue weighted by atomic mass is 16.5. The molecular weight excluding hydrogens is 204 g/mol. The summed E-state index contributed by atoms with van der Waals surface area (Å²) in [4.78, 5) is 0. The van der Waals surface area contributed by atoms with E-state index in [0.29, 0.717) is 11.6 Å². The maximum absolute atomic E-state index is 5.54. The van der Waals surface area contributed by atoms with Crippen molar-refractivity contribution in [1.29, 1.82) is 0 Å². The summed E-state index contributed by atoms with van der Waals surface area (Å²) in [6, 6.07) is 5.64. The van der Waals surface area contributed by atoms with Gasteiger partial charge >= 0.3 is 0 Å². The van der Waals surface area contributed by atoms with Gasteiger partial charge in [-0.25, -0.2) is 0 Å². The maximum atomic E-state index is 5.54. The number of anilines is 1. The molecule has 16 heavy (non-hydrogen) atoms.